The molecule has 0 bridgehead atoms. The van der Waals surface area contributed by atoms with Crippen LogP contribution in [0, 0.1) is 12.8 Å². The van der Waals surface area contributed by atoms with Gasteiger partial charge in [-0.1, -0.05) is 6.92 Å². The van der Waals surface area contributed by atoms with E-state index in [-0.39, 0.29) is 5.91 Å². The highest BCUT2D eigenvalue weighted by atomic mass is 16.2. The van der Waals surface area contributed by atoms with Crippen LogP contribution >= 0.6 is 0 Å². The molecule has 3 rings (SSSR count). The van der Waals surface area contributed by atoms with Gasteiger partial charge in [-0.3, -0.25) is 24.6 Å². The normalized spacial score (nSPS) is 26.7. The Kier molecular flexibility index (Phi) is 4.92. The van der Waals surface area contributed by atoms with E-state index in [2.05, 4.69) is 26.7 Å². The summed E-state index contributed by atoms with van der Waals surface area (Å²) in [7, 11) is 0. The van der Waals surface area contributed by atoms with Gasteiger partial charge in [0.2, 0.25) is 5.91 Å². The fourth-order valence-electron chi connectivity index (χ4n) is 3.75. The molecule has 23 heavy (non-hydrogen) atoms. The number of likely N-dealkylation sites (tertiary alicyclic amines) is 1. The number of aromatic nitrogens is 2. The zero-order chi connectivity index (χ0) is 16.4. The van der Waals surface area contributed by atoms with Gasteiger partial charge in [-0.25, -0.2) is 0 Å². The second kappa shape index (κ2) is 6.93. The second-order valence-corrected chi connectivity index (χ2v) is 6.93. The van der Waals surface area contributed by atoms with Crippen LogP contribution in [0.4, 0.5) is 0 Å². The quantitative estimate of drug-likeness (QED) is 0.824. The summed E-state index contributed by atoms with van der Waals surface area (Å²) in [6.07, 6.45) is 3.73. The van der Waals surface area contributed by atoms with Crippen LogP contribution in [-0.4, -0.2) is 75.9 Å². The first-order valence-corrected chi connectivity index (χ1v) is 8.52. The Bertz CT molecular complexity index is 538. The van der Waals surface area contributed by atoms with Crippen molar-refractivity contribution in [3.05, 3.63) is 23.8 Å². The number of nitrogens with zero attached hydrogens (tertiary/aromatic N) is 5. The highest BCUT2D eigenvalue weighted by Crippen LogP contribution is 2.24. The zero-order valence-electron chi connectivity index (χ0n) is 14.4. The summed E-state index contributed by atoms with van der Waals surface area (Å²) in [5.74, 6) is 0.848. The molecule has 2 fully saturated rings. The van der Waals surface area contributed by atoms with E-state index in [0.29, 0.717) is 12.0 Å². The number of carbonyl (C=O) groups is 1. The molecule has 3 heterocycles. The minimum atomic E-state index is 0.198. The largest absolute Gasteiger partial charge is 0.340 e. The molecular weight excluding hydrogens is 290 g/mol. The predicted molar refractivity (Wildman–Crippen MR) is 88.8 cm³/mol. The topological polar surface area (TPSA) is 52.6 Å². The summed E-state index contributed by atoms with van der Waals surface area (Å²) in [6, 6.07) is 0.586. The second-order valence-electron chi connectivity index (χ2n) is 6.93. The molecule has 0 spiro atoms. The molecule has 0 N–H and O–H groups in total. The van der Waals surface area contributed by atoms with E-state index in [9.17, 15) is 4.79 Å². The minimum absolute atomic E-state index is 0.198. The molecule has 0 unspecified atom stereocenters. The Balaban J connectivity index is 1.54. The SMILES string of the molecule is CC(=O)N1CCN([C@H]2CN(Cc3cnc(C)cn3)C[C@H]2C)CC1. The zero-order valence-corrected chi connectivity index (χ0v) is 14.4. The number of carbonyl (C=O) groups excluding carboxylic acids is 1. The van der Waals surface area contributed by atoms with Crippen molar-refractivity contribution >= 4 is 5.91 Å². The van der Waals surface area contributed by atoms with Gasteiger partial charge in [0.05, 0.1) is 11.4 Å². The van der Waals surface area contributed by atoms with Crippen LogP contribution in [0.1, 0.15) is 25.2 Å². The molecule has 0 saturated carbocycles. The number of amides is 1. The molecule has 2 aliphatic rings. The van der Waals surface area contributed by atoms with Crippen molar-refractivity contribution in [3.63, 3.8) is 0 Å². The van der Waals surface area contributed by atoms with E-state index in [1.165, 1.54) is 0 Å². The standard InChI is InChI=1S/C17H27N5O/c1-13-10-20(11-16-9-18-14(2)8-19-16)12-17(13)22-6-4-21(5-7-22)15(3)23/h8-9,13,17H,4-7,10-12H2,1-3H3/t13-,17+/m1/s1. The van der Waals surface area contributed by atoms with Gasteiger partial charge >= 0.3 is 0 Å². The van der Waals surface area contributed by atoms with E-state index < -0.39 is 0 Å². The van der Waals surface area contributed by atoms with E-state index in [1.807, 2.05) is 24.2 Å². The first-order valence-electron chi connectivity index (χ1n) is 8.52. The maximum atomic E-state index is 11.5. The number of hydrogen-bond acceptors (Lipinski definition) is 5. The van der Waals surface area contributed by atoms with Crippen molar-refractivity contribution in [1.82, 2.24) is 24.7 Å². The highest BCUT2D eigenvalue weighted by molar-refractivity contribution is 5.73. The van der Waals surface area contributed by atoms with Crippen molar-refractivity contribution < 1.29 is 4.79 Å². The number of hydrogen-bond donors (Lipinski definition) is 0. The lowest BCUT2D eigenvalue weighted by atomic mass is 10.0. The van der Waals surface area contributed by atoms with Crippen molar-refractivity contribution in [3.8, 4) is 0 Å². The van der Waals surface area contributed by atoms with Crippen LogP contribution in [0.2, 0.25) is 0 Å². The van der Waals surface area contributed by atoms with Crippen LogP contribution in [0.15, 0.2) is 12.4 Å². The van der Waals surface area contributed by atoms with E-state index in [0.717, 1.165) is 57.2 Å². The summed E-state index contributed by atoms with van der Waals surface area (Å²) >= 11 is 0. The smallest absolute Gasteiger partial charge is 0.219 e. The van der Waals surface area contributed by atoms with Gasteiger partial charge in [-0.2, -0.15) is 0 Å². The monoisotopic (exact) mass is 317 g/mol. The molecule has 2 aliphatic heterocycles. The summed E-state index contributed by atoms with van der Waals surface area (Å²) in [4.78, 5) is 27.3. The van der Waals surface area contributed by atoms with Crippen molar-refractivity contribution in [2.45, 2.75) is 33.4 Å². The van der Waals surface area contributed by atoms with Crippen LogP contribution in [-0.2, 0) is 11.3 Å². The summed E-state index contributed by atoms with van der Waals surface area (Å²) < 4.78 is 0. The summed E-state index contributed by atoms with van der Waals surface area (Å²) in [5, 5.41) is 0. The number of rotatable bonds is 3. The highest BCUT2D eigenvalue weighted by Gasteiger charge is 2.35. The van der Waals surface area contributed by atoms with Crippen molar-refractivity contribution in [2.75, 3.05) is 39.3 Å². The minimum Gasteiger partial charge on any atom is -0.340 e. The first-order chi connectivity index (χ1) is 11.0. The van der Waals surface area contributed by atoms with Crippen LogP contribution < -0.4 is 0 Å². The number of aryl methyl sites for hydroxylation is 1. The average molecular weight is 317 g/mol. The van der Waals surface area contributed by atoms with Crippen LogP contribution in [0.25, 0.3) is 0 Å². The van der Waals surface area contributed by atoms with E-state index in [4.69, 9.17) is 0 Å². The molecule has 1 aromatic rings. The van der Waals surface area contributed by atoms with Gasteiger partial charge in [0, 0.05) is 71.2 Å². The Labute approximate surface area is 138 Å². The Hall–Kier alpha value is -1.53. The summed E-state index contributed by atoms with van der Waals surface area (Å²) in [6.45, 7) is 12.7. The maximum absolute atomic E-state index is 11.5. The molecule has 6 nitrogen and oxygen atoms in total. The van der Waals surface area contributed by atoms with Gasteiger partial charge in [-0.15, -0.1) is 0 Å². The average Bonchev–Trinajstić information content (AvgIpc) is 2.90. The van der Waals surface area contributed by atoms with Crippen molar-refractivity contribution in [1.29, 1.82) is 0 Å². The maximum Gasteiger partial charge on any atom is 0.219 e. The third-order valence-electron chi connectivity index (χ3n) is 5.10. The fraction of sp³-hybridized carbons (Fsp3) is 0.706. The molecule has 0 aliphatic carbocycles. The third-order valence-corrected chi connectivity index (χ3v) is 5.10. The van der Waals surface area contributed by atoms with Gasteiger partial charge in [0.15, 0.2) is 0 Å². The van der Waals surface area contributed by atoms with E-state index in [1.54, 1.807) is 6.92 Å². The number of piperazine rings is 1. The molecule has 2 atom stereocenters. The molecular formula is C17H27N5O. The lowest BCUT2D eigenvalue weighted by Crippen LogP contribution is -2.53. The lowest BCUT2D eigenvalue weighted by Gasteiger charge is -2.39. The molecule has 126 valence electrons. The van der Waals surface area contributed by atoms with Gasteiger partial charge in [0.25, 0.3) is 0 Å². The third kappa shape index (κ3) is 3.87. The Morgan fingerprint density at radius 1 is 1.17 bits per heavy atom. The molecule has 1 aromatic heterocycles. The van der Waals surface area contributed by atoms with Crippen molar-refractivity contribution in [2.24, 2.45) is 5.92 Å². The van der Waals surface area contributed by atoms with Gasteiger partial charge in [0.1, 0.15) is 0 Å². The molecule has 0 radical (unpaired) electrons. The van der Waals surface area contributed by atoms with Gasteiger partial charge in [-0.05, 0) is 12.8 Å². The van der Waals surface area contributed by atoms with E-state index >= 15 is 0 Å². The lowest BCUT2D eigenvalue weighted by molar-refractivity contribution is -0.130. The molecule has 0 aromatic carbocycles. The van der Waals surface area contributed by atoms with Crippen LogP contribution in [0.3, 0.4) is 0 Å². The molecule has 6 heteroatoms. The fourth-order valence-corrected chi connectivity index (χ4v) is 3.75. The van der Waals surface area contributed by atoms with Crippen LogP contribution in [0.5, 0.6) is 0 Å². The van der Waals surface area contributed by atoms with Gasteiger partial charge < -0.3 is 4.90 Å². The Morgan fingerprint density at radius 2 is 1.91 bits per heavy atom. The first kappa shape index (κ1) is 16.3. The predicted octanol–water partition coefficient (Wildman–Crippen LogP) is 0.769. The summed E-state index contributed by atoms with van der Waals surface area (Å²) in [5.41, 5.74) is 2.01. The molecule has 1 amide bonds. The Morgan fingerprint density at radius 3 is 2.52 bits per heavy atom. The molecule has 2 saturated heterocycles.